The van der Waals surface area contributed by atoms with E-state index in [1.54, 1.807) is 12.4 Å². The zero-order chi connectivity index (χ0) is 19.2. The fourth-order valence-corrected chi connectivity index (χ4v) is 4.03. The first kappa shape index (κ1) is 18.9. The van der Waals surface area contributed by atoms with Crippen molar-refractivity contribution in [1.29, 1.82) is 0 Å². The molecule has 1 aromatic carbocycles. The van der Waals surface area contributed by atoms with Crippen molar-refractivity contribution in [2.24, 2.45) is 5.92 Å². The molecule has 2 fully saturated rings. The summed E-state index contributed by atoms with van der Waals surface area (Å²) in [7, 11) is 0. The lowest BCUT2D eigenvalue weighted by atomic mass is 9.94. The average Bonchev–Trinajstić information content (AvgIpc) is 2.76. The number of nitrogens with zero attached hydrogens (tertiary/aromatic N) is 2. The number of hydrogen-bond donors (Lipinski definition) is 1. The fraction of sp³-hybridized carbons (Fsp3) is 0.455. The van der Waals surface area contributed by atoms with Gasteiger partial charge in [0.1, 0.15) is 5.75 Å². The van der Waals surface area contributed by atoms with Crippen molar-refractivity contribution in [2.45, 2.75) is 31.7 Å². The van der Waals surface area contributed by atoms with Crippen molar-refractivity contribution in [2.75, 3.05) is 31.6 Å². The van der Waals surface area contributed by atoms with Crippen LogP contribution >= 0.6 is 0 Å². The number of carbonyl (C=O) groups is 1. The number of rotatable bonds is 5. The second kappa shape index (κ2) is 9.17. The summed E-state index contributed by atoms with van der Waals surface area (Å²) in [6.07, 6.45) is 7.48. The normalized spacial score (nSPS) is 21.2. The Labute approximate surface area is 165 Å². The third-order valence-electron chi connectivity index (χ3n) is 5.54. The van der Waals surface area contributed by atoms with Gasteiger partial charge in [0.25, 0.3) is 0 Å². The minimum Gasteiger partial charge on any atom is -0.454 e. The van der Waals surface area contributed by atoms with E-state index in [1.165, 1.54) is 0 Å². The number of ether oxygens (including phenoxy) is 2. The van der Waals surface area contributed by atoms with Crippen molar-refractivity contribution < 1.29 is 14.3 Å². The molecule has 6 heteroatoms. The molecule has 0 aliphatic carbocycles. The summed E-state index contributed by atoms with van der Waals surface area (Å²) in [4.78, 5) is 19.5. The molecule has 148 valence electrons. The molecule has 2 aromatic rings. The van der Waals surface area contributed by atoms with Gasteiger partial charge in [-0.25, -0.2) is 0 Å². The van der Waals surface area contributed by atoms with Gasteiger partial charge in [0.05, 0.1) is 17.8 Å². The lowest BCUT2D eigenvalue weighted by Crippen LogP contribution is -2.47. The largest absolute Gasteiger partial charge is 0.454 e. The van der Waals surface area contributed by atoms with Gasteiger partial charge in [-0.15, -0.1) is 0 Å². The monoisotopic (exact) mass is 381 g/mol. The van der Waals surface area contributed by atoms with Crippen LogP contribution in [0.4, 0.5) is 5.69 Å². The van der Waals surface area contributed by atoms with Gasteiger partial charge in [-0.2, -0.15) is 0 Å². The number of aromatic nitrogens is 1. The Hall–Kier alpha value is -2.44. The number of para-hydroxylation sites is 2. The number of anilines is 1. The van der Waals surface area contributed by atoms with Gasteiger partial charge >= 0.3 is 0 Å². The van der Waals surface area contributed by atoms with E-state index >= 15 is 0 Å². The number of hydrogen-bond acceptors (Lipinski definition) is 5. The molecule has 6 nitrogen and oxygen atoms in total. The minimum atomic E-state index is 0.00282. The first-order chi connectivity index (χ1) is 13.8. The number of piperidine rings is 1. The van der Waals surface area contributed by atoms with E-state index < -0.39 is 0 Å². The van der Waals surface area contributed by atoms with Crippen LogP contribution < -0.4 is 10.1 Å². The Morgan fingerprint density at radius 3 is 2.82 bits per heavy atom. The molecular weight excluding hydrogens is 354 g/mol. The minimum absolute atomic E-state index is 0.00282. The van der Waals surface area contributed by atoms with Crippen molar-refractivity contribution in [3.8, 4) is 11.5 Å². The van der Waals surface area contributed by atoms with Gasteiger partial charge in [-0.3, -0.25) is 14.7 Å². The van der Waals surface area contributed by atoms with Crippen LogP contribution in [0.15, 0.2) is 48.8 Å². The van der Waals surface area contributed by atoms with Crippen LogP contribution in [-0.2, 0) is 9.53 Å². The zero-order valence-corrected chi connectivity index (χ0v) is 16.0. The molecule has 1 N–H and O–H groups in total. The lowest BCUT2D eigenvalue weighted by Gasteiger charge is -2.39. The van der Waals surface area contributed by atoms with E-state index in [-0.39, 0.29) is 11.8 Å². The van der Waals surface area contributed by atoms with Crippen molar-refractivity contribution in [1.82, 2.24) is 9.88 Å². The third kappa shape index (κ3) is 4.69. The number of likely N-dealkylation sites (tertiary alicyclic amines) is 1. The average molecular weight is 381 g/mol. The molecule has 2 saturated heterocycles. The second-order valence-electron chi connectivity index (χ2n) is 7.45. The molecule has 0 bridgehead atoms. The summed E-state index contributed by atoms with van der Waals surface area (Å²) in [6.45, 7) is 3.56. The maximum Gasteiger partial charge on any atom is 0.228 e. The highest BCUT2D eigenvalue weighted by molar-refractivity contribution is 5.94. The van der Waals surface area contributed by atoms with E-state index in [9.17, 15) is 4.79 Å². The van der Waals surface area contributed by atoms with Crippen molar-refractivity contribution >= 4 is 11.6 Å². The quantitative estimate of drug-likeness (QED) is 0.856. The smallest absolute Gasteiger partial charge is 0.228 e. The summed E-state index contributed by atoms with van der Waals surface area (Å²) in [5, 5.41) is 3.09. The van der Waals surface area contributed by atoms with Crippen LogP contribution in [0.3, 0.4) is 0 Å². The van der Waals surface area contributed by atoms with Crippen LogP contribution in [0, 0.1) is 5.92 Å². The Morgan fingerprint density at radius 2 is 2.00 bits per heavy atom. The molecule has 1 aromatic heterocycles. The highest BCUT2D eigenvalue weighted by atomic mass is 16.5. The van der Waals surface area contributed by atoms with Gasteiger partial charge in [0.2, 0.25) is 5.91 Å². The maximum atomic E-state index is 13.0. The Morgan fingerprint density at radius 1 is 1.14 bits per heavy atom. The molecule has 3 heterocycles. The molecule has 0 radical (unpaired) electrons. The predicted molar refractivity (Wildman–Crippen MR) is 108 cm³/mol. The van der Waals surface area contributed by atoms with E-state index in [0.717, 1.165) is 52.0 Å². The second-order valence-corrected chi connectivity index (χ2v) is 7.45. The van der Waals surface area contributed by atoms with Crippen LogP contribution in [0.5, 0.6) is 11.5 Å². The van der Waals surface area contributed by atoms with E-state index in [2.05, 4.69) is 15.2 Å². The number of nitrogens with one attached hydrogen (secondary N) is 1. The van der Waals surface area contributed by atoms with Gasteiger partial charge in [0.15, 0.2) is 5.75 Å². The zero-order valence-electron chi connectivity index (χ0n) is 16.0. The van der Waals surface area contributed by atoms with Crippen molar-refractivity contribution in [3.05, 3.63) is 48.8 Å². The lowest BCUT2D eigenvalue weighted by molar-refractivity contribution is -0.122. The molecule has 4 rings (SSSR count). The Kier molecular flexibility index (Phi) is 6.19. The molecule has 0 saturated carbocycles. The molecule has 2 aliphatic rings. The van der Waals surface area contributed by atoms with Crippen molar-refractivity contribution in [3.63, 3.8) is 0 Å². The summed E-state index contributed by atoms with van der Waals surface area (Å²) >= 11 is 0. The summed E-state index contributed by atoms with van der Waals surface area (Å²) in [5.74, 6) is 1.34. The predicted octanol–water partition coefficient (Wildman–Crippen LogP) is 3.70. The summed E-state index contributed by atoms with van der Waals surface area (Å²) < 4.78 is 11.4. The summed E-state index contributed by atoms with van der Waals surface area (Å²) in [6, 6.07) is 11.8. The highest BCUT2D eigenvalue weighted by Crippen LogP contribution is 2.30. The molecule has 28 heavy (non-hydrogen) atoms. The Bertz CT molecular complexity index is 778. The van der Waals surface area contributed by atoms with Crippen LogP contribution in [0.2, 0.25) is 0 Å². The first-order valence-electron chi connectivity index (χ1n) is 10.1. The van der Waals surface area contributed by atoms with Crippen LogP contribution in [0.1, 0.15) is 25.7 Å². The molecule has 1 amide bonds. The number of benzene rings is 1. The summed E-state index contributed by atoms with van der Waals surface area (Å²) in [5.41, 5.74) is 0.694. The van der Waals surface area contributed by atoms with E-state index in [4.69, 9.17) is 9.47 Å². The Balaban J connectivity index is 1.40. The topological polar surface area (TPSA) is 63.7 Å². The first-order valence-corrected chi connectivity index (χ1v) is 10.1. The van der Waals surface area contributed by atoms with Gasteiger partial charge in [0, 0.05) is 32.0 Å². The van der Waals surface area contributed by atoms with Gasteiger partial charge in [-0.1, -0.05) is 12.1 Å². The molecule has 2 aliphatic heterocycles. The molecule has 1 atom stereocenters. The molecular formula is C22H27N3O3. The third-order valence-corrected chi connectivity index (χ3v) is 5.54. The van der Waals surface area contributed by atoms with E-state index in [1.807, 2.05) is 36.4 Å². The number of carbonyl (C=O) groups excluding carboxylic acids is 1. The SMILES string of the molecule is O=C(Nc1ccccc1Oc1cccnc1)[C@H]1CCCN(C2CCOCC2)C1. The standard InChI is InChI=1S/C22H27N3O3/c26-22(17-5-4-12-25(16-17)18-9-13-27-14-10-18)24-20-7-1-2-8-21(20)28-19-6-3-11-23-15-19/h1-3,6-8,11,15,17-18H,4-5,9-10,12-14,16H2,(H,24,26)/t17-/m0/s1. The van der Waals surface area contributed by atoms with Gasteiger partial charge in [-0.05, 0) is 56.5 Å². The van der Waals surface area contributed by atoms with E-state index in [0.29, 0.717) is 23.2 Å². The van der Waals surface area contributed by atoms with Gasteiger partial charge < -0.3 is 14.8 Å². The molecule has 0 spiro atoms. The maximum absolute atomic E-state index is 13.0. The number of amides is 1. The number of pyridine rings is 1. The fourth-order valence-electron chi connectivity index (χ4n) is 4.03. The highest BCUT2D eigenvalue weighted by Gasteiger charge is 2.30. The van der Waals surface area contributed by atoms with Crippen LogP contribution in [-0.4, -0.2) is 48.1 Å². The van der Waals surface area contributed by atoms with Crippen LogP contribution in [0.25, 0.3) is 0 Å². The molecule has 0 unspecified atom stereocenters.